The molecule has 5 nitrogen and oxygen atoms in total. The summed E-state index contributed by atoms with van der Waals surface area (Å²) < 4.78 is 0. The van der Waals surface area contributed by atoms with Crippen LogP contribution in [0.25, 0.3) is 0 Å². The number of carbonyl (C=O) groups is 1. The minimum absolute atomic E-state index is 0.301. The predicted molar refractivity (Wildman–Crippen MR) is 74.9 cm³/mol. The van der Waals surface area contributed by atoms with Crippen LogP contribution in [0.4, 0.5) is 5.82 Å². The van der Waals surface area contributed by atoms with Gasteiger partial charge in [0.25, 0.3) is 0 Å². The number of carboxylic acid groups (broad SMARTS) is 1. The van der Waals surface area contributed by atoms with Crippen LogP contribution in [0, 0.1) is 6.92 Å². The lowest BCUT2D eigenvalue weighted by Gasteiger charge is -2.35. The Hall–Kier alpha value is -1.62. The van der Waals surface area contributed by atoms with Gasteiger partial charge in [-0.2, -0.15) is 0 Å². The third kappa shape index (κ3) is 3.23. The summed E-state index contributed by atoms with van der Waals surface area (Å²) in [6.45, 7) is 8.82. The van der Waals surface area contributed by atoms with Crippen molar-refractivity contribution in [3.63, 3.8) is 0 Å². The number of aryl methyl sites for hydroxylation is 1. The van der Waals surface area contributed by atoms with Crippen LogP contribution < -0.4 is 4.90 Å². The number of pyridine rings is 1. The third-order valence-corrected chi connectivity index (χ3v) is 3.46. The van der Waals surface area contributed by atoms with Gasteiger partial charge in [-0.15, -0.1) is 0 Å². The maximum Gasteiger partial charge on any atom is 0.339 e. The number of aromatic nitrogens is 1. The highest BCUT2D eigenvalue weighted by Gasteiger charge is 2.22. The Morgan fingerprint density at radius 3 is 2.58 bits per heavy atom. The van der Waals surface area contributed by atoms with Gasteiger partial charge in [-0.25, -0.2) is 9.78 Å². The van der Waals surface area contributed by atoms with E-state index in [0.717, 1.165) is 44.8 Å². The van der Waals surface area contributed by atoms with Crippen LogP contribution in [-0.2, 0) is 0 Å². The zero-order valence-corrected chi connectivity index (χ0v) is 11.6. The first-order valence-corrected chi connectivity index (χ1v) is 6.80. The summed E-state index contributed by atoms with van der Waals surface area (Å²) in [5.74, 6) is -0.290. The van der Waals surface area contributed by atoms with Gasteiger partial charge in [-0.05, 0) is 32.0 Å². The molecule has 0 radical (unpaired) electrons. The highest BCUT2D eigenvalue weighted by Crippen LogP contribution is 2.20. The van der Waals surface area contributed by atoms with Gasteiger partial charge in [0.1, 0.15) is 11.4 Å². The second-order valence-electron chi connectivity index (χ2n) is 4.96. The number of rotatable bonds is 4. The summed E-state index contributed by atoms with van der Waals surface area (Å²) in [7, 11) is 0. The quantitative estimate of drug-likeness (QED) is 0.894. The Morgan fingerprint density at radius 1 is 1.32 bits per heavy atom. The molecule has 2 heterocycles. The number of carboxylic acids is 1. The zero-order chi connectivity index (χ0) is 13.8. The van der Waals surface area contributed by atoms with Crippen molar-refractivity contribution in [1.82, 2.24) is 9.88 Å². The maximum atomic E-state index is 11.3. The van der Waals surface area contributed by atoms with E-state index >= 15 is 0 Å². The van der Waals surface area contributed by atoms with Gasteiger partial charge in [-0.1, -0.05) is 6.92 Å². The lowest BCUT2D eigenvalue weighted by Crippen LogP contribution is -2.47. The van der Waals surface area contributed by atoms with Crippen LogP contribution >= 0.6 is 0 Å². The maximum absolute atomic E-state index is 11.3. The van der Waals surface area contributed by atoms with Gasteiger partial charge in [0.15, 0.2) is 0 Å². The molecule has 1 saturated heterocycles. The predicted octanol–water partition coefficient (Wildman–Crippen LogP) is 1.62. The number of piperazine rings is 1. The van der Waals surface area contributed by atoms with E-state index in [9.17, 15) is 9.90 Å². The van der Waals surface area contributed by atoms with E-state index in [1.165, 1.54) is 0 Å². The van der Waals surface area contributed by atoms with E-state index in [0.29, 0.717) is 11.4 Å². The van der Waals surface area contributed by atoms with Crippen LogP contribution in [0.5, 0.6) is 0 Å². The molecule has 1 fully saturated rings. The molecular formula is C14H21N3O2. The van der Waals surface area contributed by atoms with Crippen LogP contribution in [0.15, 0.2) is 12.1 Å². The fourth-order valence-electron chi connectivity index (χ4n) is 2.45. The summed E-state index contributed by atoms with van der Waals surface area (Å²) in [6, 6.07) is 3.40. The van der Waals surface area contributed by atoms with Crippen LogP contribution in [-0.4, -0.2) is 53.7 Å². The first kappa shape index (κ1) is 13.8. The monoisotopic (exact) mass is 263 g/mol. The van der Waals surface area contributed by atoms with E-state index in [2.05, 4.69) is 21.7 Å². The van der Waals surface area contributed by atoms with Crippen molar-refractivity contribution in [3.8, 4) is 0 Å². The lowest BCUT2D eigenvalue weighted by atomic mass is 10.2. The molecule has 1 aliphatic rings. The molecule has 1 aromatic rings. The Bertz CT molecular complexity index is 454. The molecule has 104 valence electrons. The molecule has 0 spiro atoms. The van der Waals surface area contributed by atoms with E-state index in [-0.39, 0.29) is 0 Å². The van der Waals surface area contributed by atoms with Crippen molar-refractivity contribution in [2.24, 2.45) is 0 Å². The molecule has 19 heavy (non-hydrogen) atoms. The number of hydrogen-bond acceptors (Lipinski definition) is 4. The molecule has 2 rings (SSSR count). The van der Waals surface area contributed by atoms with Gasteiger partial charge in [0.2, 0.25) is 0 Å². The zero-order valence-electron chi connectivity index (χ0n) is 11.6. The lowest BCUT2D eigenvalue weighted by molar-refractivity contribution is 0.0697. The van der Waals surface area contributed by atoms with E-state index < -0.39 is 5.97 Å². The van der Waals surface area contributed by atoms with Crippen LogP contribution in [0.2, 0.25) is 0 Å². The smallest absolute Gasteiger partial charge is 0.339 e. The average molecular weight is 263 g/mol. The molecular weight excluding hydrogens is 242 g/mol. The van der Waals surface area contributed by atoms with Gasteiger partial charge in [0.05, 0.1) is 0 Å². The largest absolute Gasteiger partial charge is 0.478 e. The van der Waals surface area contributed by atoms with Crippen molar-refractivity contribution in [2.75, 3.05) is 37.6 Å². The Labute approximate surface area is 113 Å². The fraction of sp³-hybridized carbons (Fsp3) is 0.571. The second kappa shape index (κ2) is 6.02. The van der Waals surface area contributed by atoms with E-state index in [4.69, 9.17) is 0 Å². The van der Waals surface area contributed by atoms with Crippen molar-refractivity contribution >= 4 is 11.8 Å². The first-order valence-electron chi connectivity index (χ1n) is 6.80. The Balaban J connectivity index is 2.14. The normalized spacial score (nSPS) is 16.6. The summed E-state index contributed by atoms with van der Waals surface area (Å²) in [6.07, 6.45) is 1.16. The molecule has 0 unspecified atom stereocenters. The van der Waals surface area contributed by atoms with Crippen molar-refractivity contribution in [2.45, 2.75) is 20.3 Å². The van der Waals surface area contributed by atoms with Crippen LogP contribution in [0.1, 0.15) is 29.4 Å². The Kier molecular flexibility index (Phi) is 4.37. The molecule has 1 aromatic heterocycles. The summed E-state index contributed by atoms with van der Waals surface area (Å²) in [5, 5.41) is 9.25. The first-order chi connectivity index (χ1) is 9.11. The highest BCUT2D eigenvalue weighted by atomic mass is 16.4. The van der Waals surface area contributed by atoms with Crippen molar-refractivity contribution in [1.29, 1.82) is 0 Å². The number of nitrogens with zero attached hydrogens (tertiary/aromatic N) is 3. The number of hydrogen-bond donors (Lipinski definition) is 1. The summed E-state index contributed by atoms with van der Waals surface area (Å²) in [4.78, 5) is 20.2. The molecule has 0 amide bonds. The number of aromatic carboxylic acids is 1. The third-order valence-electron chi connectivity index (χ3n) is 3.46. The molecule has 1 N–H and O–H groups in total. The van der Waals surface area contributed by atoms with Crippen LogP contribution in [0.3, 0.4) is 0 Å². The van der Waals surface area contributed by atoms with Gasteiger partial charge >= 0.3 is 5.97 Å². The molecule has 5 heteroatoms. The highest BCUT2D eigenvalue weighted by molar-refractivity contribution is 5.93. The SMILES string of the molecule is CCCN1CCN(c2nc(C)ccc2C(=O)O)CC1. The number of anilines is 1. The molecule has 0 aliphatic carbocycles. The summed E-state index contributed by atoms with van der Waals surface area (Å²) in [5.41, 5.74) is 1.16. The molecule has 0 saturated carbocycles. The van der Waals surface area contributed by atoms with E-state index in [1.807, 2.05) is 6.92 Å². The topological polar surface area (TPSA) is 56.7 Å². The minimum atomic E-state index is -0.904. The van der Waals surface area contributed by atoms with Crippen molar-refractivity contribution < 1.29 is 9.90 Å². The average Bonchev–Trinajstić information content (AvgIpc) is 2.39. The van der Waals surface area contributed by atoms with Crippen molar-refractivity contribution in [3.05, 3.63) is 23.4 Å². The standard InChI is InChI=1S/C14H21N3O2/c1-3-6-16-7-9-17(10-8-16)13-12(14(18)19)5-4-11(2)15-13/h4-5H,3,6-10H2,1-2H3,(H,18,19). The van der Waals surface area contributed by atoms with Gasteiger partial charge < -0.3 is 10.0 Å². The van der Waals surface area contributed by atoms with E-state index in [1.54, 1.807) is 12.1 Å². The fourth-order valence-corrected chi connectivity index (χ4v) is 2.45. The minimum Gasteiger partial charge on any atom is -0.478 e. The van der Waals surface area contributed by atoms with Gasteiger partial charge in [0, 0.05) is 31.9 Å². The molecule has 0 bridgehead atoms. The Morgan fingerprint density at radius 2 is 2.00 bits per heavy atom. The molecule has 0 aromatic carbocycles. The molecule has 0 atom stereocenters. The van der Waals surface area contributed by atoms with Gasteiger partial charge in [-0.3, -0.25) is 4.90 Å². The molecule has 1 aliphatic heterocycles. The second-order valence-corrected chi connectivity index (χ2v) is 4.96. The summed E-state index contributed by atoms with van der Waals surface area (Å²) >= 11 is 0.